The second-order valence-electron chi connectivity index (χ2n) is 4.59. The molecule has 0 heterocycles. The Balaban J connectivity index is 1.77. The number of benzene rings is 2. The van der Waals surface area contributed by atoms with Gasteiger partial charge in [0.25, 0.3) is 0 Å². The van der Waals surface area contributed by atoms with Crippen molar-refractivity contribution in [1.82, 2.24) is 5.32 Å². The molecule has 2 N–H and O–H groups in total. The lowest BCUT2D eigenvalue weighted by atomic mass is 10.1. The first-order valence-electron chi connectivity index (χ1n) is 6.64. The fourth-order valence-corrected chi connectivity index (χ4v) is 2.02. The van der Waals surface area contributed by atoms with Crippen LogP contribution in [0.2, 0.25) is 10.0 Å². The minimum atomic E-state index is -0.710. The van der Waals surface area contributed by atoms with Crippen LogP contribution in [0.25, 0.3) is 0 Å². The molecule has 4 nitrogen and oxygen atoms in total. The number of nitrogens with one attached hydrogen (secondary N) is 2. The number of hydrogen-bond acceptors (Lipinski definition) is 2. The zero-order valence-corrected chi connectivity index (χ0v) is 13.1. The van der Waals surface area contributed by atoms with Gasteiger partial charge in [-0.15, -0.1) is 0 Å². The number of amides is 2. The number of carbonyl (C=O) groups excluding carboxylic acids is 2. The molecule has 0 bridgehead atoms. The molecule has 0 aromatic heterocycles. The van der Waals surface area contributed by atoms with E-state index < -0.39 is 11.8 Å². The highest BCUT2D eigenvalue weighted by Gasteiger charge is 2.12. The van der Waals surface area contributed by atoms with Crippen molar-refractivity contribution in [3.05, 3.63) is 64.1 Å². The van der Waals surface area contributed by atoms with E-state index in [0.717, 1.165) is 5.56 Å². The number of halogens is 2. The Kier molecular flexibility index (Phi) is 5.81. The van der Waals surface area contributed by atoms with Crippen LogP contribution in [0, 0.1) is 0 Å². The van der Waals surface area contributed by atoms with Gasteiger partial charge in [0, 0.05) is 22.3 Å². The molecular formula is C16H14Cl2N2O2. The third kappa shape index (κ3) is 5.06. The maximum absolute atomic E-state index is 11.7. The van der Waals surface area contributed by atoms with Crippen molar-refractivity contribution in [3.8, 4) is 0 Å². The van der Waals surface area contributed by atoms with Crippen LogP contribution in [-0.4, -0.2) is 18.4 Å². The summed E-state index contributed by atoms with van der Waals surface area (Å²) in [5.74, 6) is -1.39. The van der Waals surface area contributed by atoms with Gasteiger partial charge in [0.05, 0.1) is 0 Å². The van der Waals surface area contributed by atoms with Gasteiger partial charge in [0.2, 0.25) is 0 Å². The smallest absolute Gasteiger partial charge is 0.313 e. The quantitative estimate of drug-likeness (QED) is 0.841. The number of hydrogen-bond donors (Lipinski definition) is 2. The molecule has 0 saturated heterocycles. The van der Waals surface area contributed by atoms with Crippen LogP contribution >= 0.6 is 23.2 Å². The summed E-state index contributed by atoms with van der Waals surface area (Å²) in [7, 11) is 0. The van der Waals surface area contributed by atoms with Crippen LogP contribution in [0.3, 0.4) is 0 Å². The van der Waals surface area contributed by atoms with E-state index in [1.165, 1.54) is 0 Å². The molecular weight excluding hydrogens is 323 g/mol. The Morgan fingerprint density at radius 2 is 1.36 bits per heavy atom. The maximum Gasteiger partial charge on any atom is 0.313 e. The Hall–Kier alpha value is -2.04. The number of anilines is 1. The summed E-state index contributed by atoms with van der Waals surface area (Å²) in [6.45, 7) is 0.370. The van der Waals surface area contributed by atoms with Gasteiger partial charge in [0.1, 0.15) is 0 Å². The molecule has 0 unspecified atom stereocenters. The van der Waals surface area contributed by atoms with E-state index in [0.29, 0.717) is 28.7 Å². The molecule has 114 valence electrons. The molecule has 0 aliphatic rings. The molecule has 6 heteroatoms. The molecule has 0 aliphatic heterocycles. The van der Waals surface area contributed by atoms with Gasteiger partial charge in [-0.05, 0) is 48.4 Å². The van der Waals surface area contributed by atoms with Gasteiger partial charge in [0.15, 0.2) is 0 Å². The lowest BCUT2D eigenvalue weighted by molar-refractivity contribution is -0.136. The SMILES string of the molecule is O=C(NCCc1ccc(Cl)cc1)C(=O)Nc1ccc(Cl)cc1. The fourth-order valence-electron chi connectivity index (χ4n) is 1.77. The predicted molar refractivity (Wildman–Crippen MR) is 88.2 cm³/mol. The van der Waals surface area contributed by atoms with E-state index in [4.69, 9.17) is 23.2 Å². The van der Waals surface area contributed by atoms with Crippen LogP contribution in [-0.2, 0) is 16.0 Å². The fraction of sp³-hybridized carbons (Fsp3) is 0.125. The summed E-state index contributed by atoms with van der Waals surface area (Å²) in [5, 5.41) is 6.29. The molecule has 0 spiro atoms. The molecule has 0 saturated carbocycles. The third-order valence-electron chi connectivity index (χ3n) is 2.92. The van der Waals surface area contributed by atoms with Crippen molar-refractivity contribution in [3.63, 3.8) is 0 Å². The summed E-state index contributed by atoms with van der Waals surface area (Å²) in [5.41, 5.74) is 1.55. The van der Waals surface area contributed by atoms with E-state index in [1.807, 2.05) is 12.1 Å². The molecule has 2 amide bonds. The van der Waals surface area contributed by atoms with Crippen molar-refractivity contribution in [1.29, 1.82) is 0 Å². The summed E-state index contributed by atoms with van der Waals surface area (Å²) in [6, 6.07) is 13.8. The van der Waals surface area contributed by atoms with Crippen LogP contribution in [0.5, 0.6) is 0 Å². The second kappa shape index (κ2) is 7.82. The molecule has 0 fully saturated rings. The average molecular weight is 337 g/mol. The molecule has 2 rings (SSSR count). The van der Waals surface area contributed by atoms with Gasteiger partial charge in [-0.25, -0.2) is 0 Å². The summed E-state index contributed by atoms with van der Waals surface area (Å²) < 4.78 is 0. The Morgan fingerprint density at radius 1 is 0.818 bits per heavy atom. The first-order chi connectivity index (χ1) is 10.5. The van der Waals surface area contributed by atoms with Gasteiger partial charge in [-0.2, -0.15) is 0 Å². The van der Waals surface area contributed by atoms with Crippen molar-refractivity contribution >= 4 is 40.7 Å². The normalized spacial score (nSPS) is 10.1. The standard InChI is InChI=1S/C16H14Cl2N2O2/c17-12-3-1-11(2-4-12)9-10-19-15(21)16(22)20-14-7-5-13(18)6-8-14/h1-8H,9-10H2,(H,19,21)(H,20,22). The highest BCUT2D eigenvalue weighted by atomic mass is 35.5. The lowest BCUT2D eigenvalue weighted by Gasteiger charge is -2.07. The molecule has 22 heavy (non-hydrogen) atoms. The van der Waals surface area contributed by atoms with Gasteiger partial charge in [-0.3, -0.25) is 9.59 Å². The van der Waals surface area contributed by atoms with Crippen molar-refractivity contribution in [2.75, 3.05) is 11.9 Å². The number of carbonyl (C=O) groups is 2. The zero-order valence-electron chi connectivity index (χ0n) is 11.6. The second-order valence-corrected chi connectivity index (χ2v) is 5.47. The van der Waals surface area contributed by atoms with Crippen LogP contribution in [0.15, 0.2) is 48.5 Å². The van der Waals surface area contributed by atoms with Crippen LogP contribution < -0.4 is 10.6 Å². The Morgan fingerprint density at radius 3 is 1.95 bits per heavy atom. The van der Waals surface area contributed by atoms with E-state index in [-0.39, 0.29) is 0 Å². The van der Waals surface area contributed by atoms with Crippen molar-refractivity contribution in [2.45, 2.75) is 6.42 Å². The molecule has 2 aromatic rings. The van der Waals surface area contributed by atoms with Crippen molar-refractivity contribution < 1.29 is 9.59 Å². The number of rotatable bonds is 4. The highest BCUT2D eigenvalue weighted by Crippen LogP contribution is 2.13. The zero-order chi connectivity index (χ0) is 15.9. The van der Waals surface area contributed by atoms with Gasteiger partial charge < -0.3 is 10.6 Å². The molecule has 0 aliphatic carbocycles. The van der Waals surface area contributed by atoms with Crippen LogP contribution in [0.1, 0.15) is 5.56 Å². The molecule has 0 radical (unpaired) electrons. The summed E-state index contributed by atoms with van der Waals surface area (Å²) >= 11 is 11.5. The van der Waals surface area contributed by atoms with E-state index in [2.05, 4.69) is 10.6 Å². The van der Waals surface area contributed by atoms with E-state index >= 15 is 0 Å². The Labute approximate surface area is 138 Å². The molecule has 0 atom stereocenters. The summed E-state index contributed by atoms with van der Waals surface area (Å²) in [4.78, 5) is 23.4. The topological polar surface area (TPSA) is 58.2 Å². The highest BCUT2D eigenvalue weighted by molar-refractivity contribution is 6.39. The first-order valence-corrected chi connectivity index (χ1v) is 7.39. The molecule has 2 aromatic carbocycles. The van der Waals surface area contributed by atoms with Crippen LogP contribution in [0.4, 0.5) is 5.69 Å². The van der Waals surface area contributed by atoms with Gasteiger partial charge in [-0.1, -0.05) is 35.3 Å². The lowest BCUT2D eigenvalue weighted by Crippen LogP contribution is -2.36. The van der Waals surface area contributed by atoms with E-state index in [9.17, 15) is 9.59 Å². The van der Waals surface area contributed by atoms with Gasteiger partial charge >= 0.3 is 11.8 Å². The average Bonchev–Trinajstić information content (AvgIpc) is 2.51. The summed E-state index contributed by atoms with van der Waals surface area (Å²) in [6.07, 6.45) is 0.622. The minimum Gasteiger partial charge on any atom is -0.347 e. The largest absolute Gasteiger partial charge is 0.347 e. The van der Waals surface area contributed by atoms with Crippen molar-refractivity contribution in [2.24, 2.45) is 0 Å². The maximum atomic E-state index is 11.7. The first kappa shape index (κ1) is 16.3. The third-order valence-corrected chi connectivity index (χ3v) is 3.42. The Bertz CT molecular complexity index is 655. The monoisotopic (exact) mass is 336 g/mol. The van der Waals surface area contributed by atoms with E-state index in [1.54, 1.807) is 36.4 Å². The minimum absolute atomic E-state index is 0.370. The predicted octanol–water partition coefficient (Wildman–Crippen LogP) is 3.29.